The van der Waals surface area contributed by atoms with Gasteiger partial charge >= 0.3 is 0 Å². The van der Waals surface area contributed by atoms with Crippen LogP contribution in [0.25, 0.3) is 0 Å². The number of nitro groups is 1. The molecule has 0 aliphatic heterocycles. The van der Waals surface area contributed by atoms with E-state index >= 15 is 0 Å². The fraction of sp³-hybridized carbons (Fsp3) is 0.308. The van der Waals surface area contributed by atoms with E-state index in [1.54, 1.807) is 23.0 Å². The molecule has 7 heteroatoms. The summed E-state index contributed by atoms with van der Waals surface area (Å²) in [6.45, 7) is 2.55. The van der Waals surface area contributed by atoms with Gasteiger partial charge in [0.15, 0.2) is 0 Å². The highest BCUT2D eigenvalue weighted by molar-refractivity contribution is 5.64. The minimum Gasteiger partial charge on any atom is -0.497 e. The number of rotatable bonds is 6. The van der Waals surface area contributed by atoms with Gasteiger partial charge in [-0.3, -0.25) is 14.8 Å². The highest BCUT2D eigenvalue weighted by Crippen LogP contribution is 2.29. The van der Waals surface area contributed by atoms with Crippen LogP contribution in [0.5, 0.6) is 5.75 Å². The minimum atomic E-state index is -0.414. The van der Waals surface area contributed by atoms with Gasteiger partial charge in [-0.2, -0.15) is 5.10 Å². The first-order valence-electron chi connectivity index (χ1n) is 6.16. The second kappa shape index (κ2) is 6.05. The molecule has 0 saturated carbocycles. The first-order chi connectivity index (χ1) is 9.60. The molecule has 0 aliphatic rings. The molecule has 7 nitrogen and oxygen atoms in total. The van der Waals surface area contributed by atoms with E-state index in [4.69, 9.17) is 4.74 Å². The summed E-state index contributed by atoms with van der Waals surface area (Å²) < 4.78 is 6.86. The van der Waals surface area contributed by atoms with Crippen LogP contribution >= 0.6 is 0 Å². The van der Waals surface area contributed by atoms with Crippen molar-refractivity contribution in [3.8, 4) is 5.75 Å². The molecule has 1 heterocycles. The van der Waals surface area contributed by atoms with Crippen molar-refractivity contribution in [2.75, 3.05) is 12.4 Å². The summed E-state index contributed by atoms with van der Waals surface area (Å²) in [6.07, 6.45) is 3.54. The van der Waals surface area contributed by atoms with Gasteiger partial charge in [0, 0.05) is 30.6 Å². The summed E-state index contributed by atoms with van der Waals surface area (Å²) in [5.41, 5.74) is 0.465. The molecule has 0 aliphatic carbocycles. The van der Waals surface area contributed by atoms with Gasteiger partial charge < -0.3 is 10.1 Å². The van der Waals surface area contributed by atoms with Crippen molar-refractivity contribution in [2.45, 2.75) is 19.5 Å². The SMILES string of the molecule is COc1ccc([N+](=O)[O-])c(NC(C)Cn2cccn2)c1. The van der Waals surface area contributed by atoms with Gasteiger partial charge in [0.05, 0.1) is 18.6 Å². The van der Waals surface area contributed by atoms with E-state index in [0.717, 1.165) is 0 Å². The Kier molecular flexibility index (Phi) is 4.19. The Balaban J connectivity index is 2.16. The zero-order valence-electron chi connectivity index (χ0n) is 11.3. The van der Waals surface area contributed by atoms with Crippen LogP contribution in [0.2, 0.25) is 0 Å². The predicted octanol–water partition coefficient (Wildman–Crippen LogP) is 2.30. The fourth-order valence-corrected chi connectivity index (χ4v) is 1.92. The molecule has 0 spiro atoms. The molecule has 1 unspecified atom stereocenters. The molecule has 1 aromatic heterocycles. The largest absolute Gasteiger partial charge is 0.497 e. The normalized spacial score (nSPS) is 11.9. The first-order valence-corrected chi connectivity index (χ1v) is 6.16. The van der Waals surface area contributed by atoms with E-state index < -0.39 is 4.92 Å². The van der Waals surface area contributed by atoms with Crippen molar-refractivity contribution in [2.24, 2.45) is 0 Å². The molecular weight excluding hydrogens is 260 g/mol. The van der Waals surface area contributed by atoms with Gasteiger partial charge in [0.25, 0.3) is 5.69 Å². The highest BCUT2D eigenvalue weighted by atomic mass is 16.6. The molecule has 0 radical (unpaired) electrons. The number of benzene rings is 1. The third-order valence-electron chi connectivity index (χ3n) is 2.82. The monoisotopic (exact) mass is 276 g/mol. The maximum atomic E-state index is 11.0. The Bertz CT molecular complexity index is 583. The number of aromatic nitrogens is 2. The van der Waals surface area contributed by atoms with Gasteiger partial charge in [-0.15, -0.1) is 0 Å². The van der Waals surface area contributed by atoms with E-state index in [0.29, 0.717) is 18.0 Å². The Morgan fingerprint density at radius 1 is 1.55 bits per heavy atom. The number of hydrogen-bond acceptors (Lipinski definition) is 5. The van der Waals surface area contributed by atoms with Crippen LogP contribution < -0.4 is 10.1 Å². The van der Waals surface area contributed by atoms with Crippen molar-refractivity contribution in [3.63, 3.8) is 0 Å². The summed E-state index contributed by atoms with van der Waals surface area (Å²) in [6, 6.07) is 6.45. The second-order valence-electron chi connectivity index (χ2n) is 4.41. The van der Waals surface area contributed by atoms with E-state index in [-0.39, 0.29) is 11.7 Å². The van der Waals surface area contributed by atoms with Crippen LogP contribution in [0.4, 0.5) is 11.4 Å². The maximum Gasteiger partial charge on any atom is 0.292 e. The number of nitro benzene ring substituents is 1. The van der Waals surface area contributed by atoms with Crippen molar-refractivity contribution in [1.82, 2.24) is 9.78 Å². The van der Waals surface area contributed by atoms with Gasteiger partial charge in [0.2, 0.25) is 0 Å². The molecule has 0 bridgehead atoms. The highest BCUT2D eigenvalue weighted by Gasteiger charge is 2.16. The molecule has 20 heavy (non-hydrogen) atoms. The van der Waals surface area contributed by atoms with Crippen molar-refractivity contribution in [1.29, 1.82) is 0 Å². The summed E-state index contributed by atoms with van der Waals surface area (Å²) in [7, 11) is 1.53. The second-order valence-corrected chi connectivity index (χ2v) is 4.41. The number of nitrogens with one attached hydrogen (secondary N) is 1. The Morgan fingerprint density at radius 3 is 2.95 bits per heavy atom. The van der Waals surface area contributed by atoms with Gasteiger partial charge in [-0.25, -0.2) is 0 Å². The Labute approximate surface area is 116 Å². The lowest BCUT2D eigenvalue weighted by Gasteiger charge is -2.16. The molecule has 0 fully saturated rings. The smallest absolute Gasteiger partial charge is 0.292 e. The quantitative estimate of drug-likeness (QED) is 0.646. The summed E-state index contributed by atoms with van der Waals surface area (Å²) >= 11 is 0. The predicted molar refractivity (Wildman–Crippen MR) is 75.0 cm³/mol. The van der Waals surface area contributed by atoms with Crippen molar-refractivity contribution < 1.29 is 9.66 Å². The molecule has 106 valence electrons. The number of ether oxygens (including phenoxy) is 1. The van der Waals surface area contributed by atoms with E-state index in [2.05, 4.69) is 10.4 Å². The summed E-state index contributed by atoms with van der Waals surface area (Å²) in [5.74, 6) is 0.574. The number of anilines is 1. The zero-order valence-corrected chi connectivity index (χ0v) is 11.3. The van der Waals surface area contributed by atoms with Crippen LogP contribution in [0.3, 0.4) is 0 Å². The van der Waals surface area contributed by atoms with Crippen molar-refractivity contribution in [3.05, 3.63) is 46.8 Å². The maximum absolute atomic E-state index is 11.0. The lowest BCUT2D eigenvalue weighted by atomic mass is 10.2. The standard InChI is InChI=1S/C13H16N4O3/c1-10(9-16-7-3-6-14-16)15-12-8-11(20-2)4-5-13(12)17(18)19/h3-8,10,15H,9H2,1-2H3. The minimum absolute atomic E-state index is 0.0132. The van der Waals surface area contributed by atoms with Gasteiger partial charge in [0.1, 0.15) is 11.4 Å². The molecule has 2 aromatic rings. The number of hydrogen-bond donors (Lipinski definition) is 1. The Hall–Kier alpha value is -2.57. The lowest BCUT2D eigenvalue weighted by molar-refractivity contribution is -0.384. The van der Waals surface area contributed by atoms with Gasteiger partial charge in [-0.05, 0) is 19.1 Å². The molecule has 0 amide bonds. The fourth-order valence-electron chi connectivity index (χ4n) is 1.92. The third-order valence-corrected chi connectivity index (χ3v) is 2.82. The summed E-state index contributed by atoms with van der Waals surface area (Å²) in [5, 5.41) is 18.3. The molecule has 0 saturated heterocycles. The van der Waals surface area contributed by atoms with Crippen LogP contribution in [-0.2, 0) is 6.54 Å². The average molecular weight is 276 g/mol. The van der Waals surface area contributed by atoms with E-state index in [1.807, 2.05) is 19.2 Å². The zero-order chi connectivity index (χ0) is 14.5. The molecule has 1 N–H and O–H groups in total. The first kappa shape index (κ1) is 13.9. The average Bonchev–Trinajstić information content (AvgIpc) is 2.90. The van der Waals surface area contributed by atoms with Crippen LogP contribution in [-0.4, -0.2) is 27.9 Å². The van der Waals surface area contributed by atoms with E-state index in [1.165, 1.54) is 13.2 Å². The molecular formula is C13H16N4O3. The third kappa shape index (κ3) is 3.25. The van der Waals surface area contributed by atoms with Crippen molar-refractivity contribution >= 4 is 11.4 Å². The van der Waals surface area contributed by atoms with Crippen LogP contribution in [0, 0.1) is 10.1 Å². The number of methoxy groups -OCH3 is 1. The topological polar surface area (TPSA) is 82.2 Å². The van der Waals surface area contributed by atoms with Gasteiger partial charge in [-0.1, -0.05) is 0 Å². The Morgan fingerprint density at radius 2 is 2.35 bits per heavy atom. The molecule has 1 aromatic carbocycles. The number of nitrogens with zero attached hydrogens (tertiary/aromatic N) is 3. The lowest BCUT2D eigenvalue weighted by Crippen LogP contribution is -2.22. The van der Waals surface area contributed by atoms with E-state index in [9.17, 15) is 10.1 Å². The summed E-state index contributed by atoms with van der Waals surface area (Å²) in [4.78, 5) is 10.6. The molecule has 2 rings (SSSR count). The molecule has 1 atom stereocenters. The van der Waals surface area contributed by atoms with Crippen LogP contribution in [0.1, 0.15) is 6.92 Å². The van der Waals surface area contributed by atoms with Crippen LogP contribution in [0.15, 0.2) is 36.7 Å².